The number of hydrogen-bond donors (Lipinski definition) is 2. The van der Waals surface area contributed by atoms with E-state index in [0.717, 1.165) is 11.3 Å². The van der Waals surface area contributed by atoms with Gasteiger partial charge in [-0.15, -0.1) is 0 Å². The van der Waals surface area contributed by atoms with Crippen LogP contribution < -0.4 is 11.5 Å². The Morgan fingerprint density at radius 2 is 1.67 bits per heavy atom. The first-order chi connectivity index (χ1) is 9.76. The van der Waals surface area contributed by atoms with Gasteiger partial charge in [-0.3, -0.25) is 9.59 Å². The number of amides is 1. The minimum atomic E-state index is -0.267. The zero-order valence-corrected chi connectivity index (χ0v) is 13.3. The van der Waals surface area contributed by atoms with Gasteiger partial charge >= 0.3 is 5.97 Å². The summed E-state index contributed by atoms with van der Waals surface area (Å²) in [6.45, 7) is 7.28. The summed E-state index contributed by atoms with van der Waals surface area (Å²) >= 11 is 0. The normalized spacial score (nSPS) is 11.3. The second-order valence-corrected chi connectivity index (χ2v) is 5.14. The molecule has 0 spiro atoms. The van der Waals surface area contributed by atoms with E-state index in [1.807, 2.05) is 45.0 Å². The van der Waals surface area contributed by atoms with Crippen LogP contribution in [0.1, 0.15) is 39.7 Å². The Morgan fingerprint density at radius 1 is 1.14 bits per heavy atom. The molecule has 4 N–H and O–H groups in total. The van der Waals surface area contributed by atoms with E-state index in [0.29, 0.717) is 12.8 Å². The van der Waals surface area contributed by atoms with Gasteiger partial charge in [-0.1, -0.05) is 26.0 Å². The number of nitrogens with two attached hydrogens (primary N) is 2. The lowest BCUT2D eigenvalue weighted by atomic mass is 10.0. The van der Waals surface area contributed by atoms with Gasteiger partial charge in [-0.05, 0) is 38.0 Å². The maximum absolute atomic E-state index is 10.8. The van der Waals surface area contributed by atoms with Crippen LogP contribution in [0.25, 0.3) is 0 Å². The number of benzene rings is 1. The van der Waals surface area contributed by atoms with Crippen LogP contribution in [-0.4, -0.2) is 18.0 Å². The molecule has 0 aromatic heterocycles. The Labute approximate surface area is 126 Å². The van der Waals surface area contributed by atoms with Crippen LogP contribution in [0, 0.1) is 5.92 Å². The van der Waals surface area contributed by atoms with Crippen molar-refractivity contribution in [1.82, 2.24) is 0 Å². The summed E-state index contributed by atoms with van der Waals surface area (Å²) in [5.74, 6) is -0.513. The number of rotatable bonds is 5. The number of carbonyl (C=O) groups is 2. The van der Waals surface area contributed by atoms with E-state index < -0.39 is 0 Å². The van der Waals surface area contributed by atoms with Crippen molar-refractivity contribution >= 4 is 17.6 Å². The van der Waals surface area contributed by atoms with Crippen LogP contribution in [0.15, 0.2) is 24.3 Å². The minimum Gasteiger partial charge on any atom is -0.463 e. The average Bonchev–Trinajstić information content (AvgIpc) is 2.41. The fourth-order valence-electron chi connectivity index (χ4n) is 1.45. The molecule has 0 heterocycles. The number of anilines is 1. The molecule has 118 valence electrons. The summed E-state index contributed by atoms with van der Waals surface area (Å²) in [6, 6.07) is 7.47. The highest BCUT2D eigenvalue weighted by Crippen LogP contribution is 2.10. The SMILES string of the molecule is CC(Cc1ccc(N)cc1)C(N)=O.CCC(=O)OC(C)C. The molecule has 0 bridgehead atoms. The van der Waals surface area contributed by atoms with Crippen molar-refractivity contribution in [2.24, 2.45) is 11.7 Å². The highest BCUT2D eigenvalue weighted by atomic mass is 16.5. The van der Waals surface area contributed by atoms with Crippen LogP contribution in [0.2, 0.25) is 0 Å². The Bertz CT molecular complexity index is 441. The van der Waals surface area contributed by atoms with Crippen LogP contribution in [0.5, 0.6) is 0 Å². The van der Waals surface area contributed by atoms with Crippen LogP contribution >= 0.6 is 0 Å². The van der Waals surface area contributed by atoms with Gasteiger partial charge in [-0.2, -0.15) is 0 Å². The molecule has 0 saturated heterocycles. The minimum absolute atomic E-state index is 0.0300. The molecule has 1 atom stereocenters. The third-order valence-corrected chi connectivity index (χ3v) is 2.66. The zero-order chi connectivity index (χ0) is 16.4. The predicted molar refractivity (Wildman–Crippen MR) is 84.4 cm³/mol. The predicted octanol–water partition coefficient (Wildman–Crippen LogP) is 2.28. The van der Waals surface area contributed by atoms with Gasteiger partial charge in [0.15, 0.2) is 0 Å². The van der Waals surface area contributed by atoms with Crippen LogP contribution in [0.3, 0.4) is 0 Å². The summed E-state index contributed by atoms with van der Waals surface area (Å²) in [7, 11) is 0. The summed E-state index contributed by atoms with van der Waals surface area (Å²) in [5.41, 5.74) is 12.5. The first-order valence-corrected chi connectivity index (χ1v) is 7.09. The molecule has 21 heavy (non-hydrogen) atoms. The van der Waals surface area contributed by atoms with Crippen molar-refractivity contribution in [3.8, 4) is 0 Å². The molecule has 5 heteroatoms. The third kappa shape index (κ3) is 9.49. The van der Waals surface area contributed by atoms with E-state index in [-0.39, 0.29) is 23.9 Å². The third-order valence-electron chi connectivity index (χ3n) is 2.66. The second kappa shape index (κ2) is 9.80. The van der Waals surface area contributed by atoms with Gasteiger partial charge in [0, 0.05) is 18.0 Å². The van der Waals surface area contributed by atoms with Gasteiger partial charge in [-0.25, -0.2) is 0 Å². The largest absolute Gasteiger partial charge is 0.463 e. The fourth-order valence-corrected chi connectivity index (χ4v) is 1.45. The van der Waals surface area contributed by atoms with E-state index in [4.69, 9.17) is 16.2 Å². The first-order valence-electron chi connectivity index (χ1n) is 7.09. The lowest BCUT2D eigenvalue weighted by Gasteiger charge is -2.06. The standard InChI is InChI=1S/C10H14N2O.C6H12O2/c1-7(10(12)13)6-8-2-4-9(11)5-3-8;1-4-6(7)8-5(2)3/h2-5,7H,6,11H2,1H3,(H2,12,13);5H,4H2,1-3H3. The molecule has 1 aromatic carbocycles. The number of nitrogen functional groups attached to an aromatic ring is 1. The lowest BCUT2D eigenvalue weighted by molar-refractivity contribution is -0.146. The Kier molecular flexibility index (Phi) is 8.85. The highest BCUT2D eigenvalue weighted by Gasteiger charge is 2.08. The maximum Gasteiger partial charge on any atom is 0.305 e. The topological polar surface area (TPSA) is 95.4 Å². The molecule has 0 aliphatic heterocycles. The van der Waals surface area contributed by atoms with Crippen molar-refractivity contribution in [2.75, 3.05) is 5.73 Å². The molecule has 1 aromatic rings. The summed E-state index contributed by atoms with van der Waals surface area (Å²) in [6.07, 6.45) is 1.18. The average molecular weight is 294 g/mol. The van der Waals surface area contributed by atoms with Crippen molar-refractivity contribution < 1.29 is 14.3 Å². The van der Waals surface area contributed by atoms with Gasteiger partial charge in [0.05, 0.1) is 6.10 Å². The van der Waals surface area contributed by atoms with E-state index in [1.54, 1.807) is 6.92 Å². The van der Waals surface area contributed by atoms with E-state index in [1.165, 1.54) is 0 Å². The van der Waals surface area contributed by atoms with Crippen molar-refractivity contribution in [3.05, 3.63) is 29.8 Å². The summed E-state index contributed by atoms with van der Waals surface area (Å²) in [4.78, 5) is 21.2. The van der Waals surface area contributed by atoms with E-state index in [2.05, 4.69) is 0 Å². The number of hydrogen-bond acceptors (Lipinski definition) is 4. The van der Waals surface area contributed by atoms with Crippen molar-refractivity contribution in [3.63, 3.8) is 0 Å². The Balaban J connectivity index is 0.000000433. The van der Waals surface area contributed by atoms with E-state index in [9.17, 15) is 9.59 Å². The number of primary amides is 1. The molecular formula is C16H26N2O3. The smallest absolute Gasteiger partial charge is 0.305 e. The second-order valence-electron chi connectivity index (χ2n) is 5.14. The molecule has 1 unspecified atom stereocenters. The quantitative estimate of drug-likeness (QED) is 0.643. The van der Waals surface area contributed by atoms with Gasteiger partial charge in [0.25, 0.3) is 0 Å². The molecule has 1 rings (SSSR count). The molecule has 0 radical (unpaired) electrons. The van der Waals surface area contributed by atoms with E-state index >= 15 is 0 Å². The van der Waals surface area contributed by atoms with Crippen LogP contribution in [-0.2, 0) is 20.7 Å². The molecule has 1 amide bonds. The number of carbonyl (C=O) groups excluding carboxylic acids is 2. The number of ether oxygens (including phenoxy) is 1. The summed E-state index contributed by atoms with van der Waals surface area (Å²) in [5, 5.41) is 0. The molecular weight excluding hydrogens is 268 g/mol. The zero-order valence-electron chi connectivity index (χ0n) is 13.3. The monoisotopic (exact) mass is 294 g/mol. The lowest BCUT2D eigenvalue weighted by Crippen LogP contribution is -2.22. The Morgan fingerprint density at radius 3 is 2.00 bits per heavy atom. The molecule has 0 fully saturated rings. The number of esters is 1. The van der Waals surface area contributed by atoms with Crippen molar-refractivity contribution in [2.45, 2.75) is 46.6 Å². The first kappa shape index (κ1) is 19.0. The molecule has 5 nitrogen and oxygen atoms in total. The fraction of sp³-hybridized carbons (Fsp3) is 0.500. The Hall–Kier alpha value is -2.04. The summed E-state index contributed by atoms with van der Waals surface area (Å²) < 4.78 is 4.76. The highest BCUT2D eigenvalue weighted by molar-refractivity contribution is 5.76. The maximum atomic E-state index is 10.8. The van der Waals surface area contributed by atoms with Crippen molar-refractivity contribution in [1.29, 1.82) is 0 Å². The van der Waals surface area contributed by atoms with Crippen LogP contribution in [0.4, 0.5) is 5.69 Å². The van der Waals surface area contributed by atoms with Gasteiger partial charge in [0.1, 0.15) is 0 Å². The molecule has 0 aliphatic rings. The van der Waals surface area contributed by atoms with Gasteiger partial charge in [0.2, 0.25) is 5.91 Å². The molecule has 0 aliphatic carbocycles. The molecule has 0 saturated carbocycles. The van der Waals surface area contributed by atoms with Gasteiger partial charge < -0.3 is 16.2 Å².